The van der Waals surface area contributed by atoms with Crippen molar-refractivity contribution in [3.8, 4) is 0 Å². The molecule has 134 valence electrons. The topological polar surface area (TPSA) is 92.7 Å². The summed E-state index contributed by atoms with van der Waals surface area (Å²) in [5.74, 6) is 0. The standard InChI is InChI=1S/C16H18N2O4S3/c1-12-4-8-14(9-5-12)24(19,20)17-16(23-3)18-25(21,22)15-10-6-13(2)7-11-15/h4-11H,1-3H3,(H,17,18). The van der Waals surface area contributed by atoms with Crippen LogP contribution in [0.15, 0.2) is 62.7 Å². The molecule has 2 rings (SSSR count). The number of nitrogens with one attached hydrogen (secondary N) is 1. The van der Waals surface area contributed by atoms with E-state index in [2.05, 4.69) is 9.12 Å². The summed E-state index contributed by atoms with van der Waals surface area (Å²) in [5, 5.41) is -0.221. The van der Waals surface area contributed by atoms with Crippen molar-refractivity contribution < 1.29 is 16.8 Å². The van der Waals surface area contributed by atoms with Gasteiger partial charge in [-0.2, -0.15) is 8.42 Å². The summed E-state index contributed by atoms with van der Waals surface area (Å²) in [6.45, 7) is 3.68. The fourth-order valence-electron chi connectivity index (χ4n) is 1.86. The van der Waals surface area contributed by atoms with Gasteiger partial charge in [0.25, 0.3) is 20.0 Å². The predicted molar refractivity (Wildman–Crippen MR) is 101 cm³/mol. The average Bonchev–Trinajstić information content (AvgIpc) is 2.54. The van der Waals surface area contributed by atoms with E-state index in [0.717, 1.165) is 22.9 Å². The molecule has 0 heterocycles. The molecule has 0 saturated carbocycles. The highest BCUT2D eigenvalue weighted by Gasteiger charge is 2.19. The highest BCUT2D eigenvalue weighted by Crippen LogP contribution is 2.16. The van der Waals surface area contributed by atoms with Crippen LogP contribution in [0, 0.1) is 13.8 Å². The van der Waals surface area contributed by atoms with Gasteiger partial charge in [0.15, 0.2) is 5.17 Å². The van der Waals surface area contributed by atoms with E-state index in [1.165, 1.54) is 24.3 Å². The zero-order valence-electron chi connectivity index (χ0n) is 13.9. The Morgan fingerprint density at radius 2 is 1.28 bits per heavy atom. The van der Waals surface area contributed by atoms with Gasteiger partial charge in [-0.3, -0.25) is 4.72 Å². The van der Waals surface area contributed by atoms with Crippen LogP contribution in [0.1, 0.15) is 11.1 Å². The van der Waals surface area contributed by atoms with E-state index in [1.807, 2.05) is 13.8 Å². The second kappa shape index (κ2) is 7.59. The molecule has 2 aromatic carbocycles. The first-order valence-corrected chi connectivity index (χ1v) is 11.3. The van der Waals surface area contributed by atoms with E-state index in [1.54, 1.807) is 30.5 Å². The van der Waals surface area contributed by atoms with Gasteiger partial charge >= 0.3 is 0 Å². The van der Waals surface area contributed by atoms with Gasteiger partial charge in [-0.15, -0.1) is 4.40 Å². The zero-order chi connectivity index (χ0) is 18.7. The molecule has 0 aliphatic rings. The van der Waals surface area contributed by atoms with Crippen molar-refractivity contribution in [3.05, 3.63) is 59.7 Å². The van der Waals surface area contributed by atoms with E-state index < -0.39 is 20.0 Å². The Morgan fingerprint density at radius 3 is 1.72 bits per heavy atom. The molecule has 6 nitrogen and oxygen atoms in total. The highest BCUT2D eigenvalue weighted by molar-refractivity contribution is 8.15. The lowest BCUT2D eigenvalue weighted by atomic mass is 10.2. The third-order valence-electron chi connectivity index (χ3n) is 3.27. The van der Waals surface area contributed by atoms with Crippen LogP contribution in [0.2, 0.25) is 0 Å². The second-order valence-electron chi connectivity index (χ2n) is 5.31. The molecule has 0 atom stereocenters. The summed E-state index contributed by atoms with van der Waals surface area (Å²) in [7, 11) is -7.93. The van der Waals surface area contributed by atoms with Crippen LogP contribution in [0.3, 0.4) is 0 Å². The maximum absolute atomic E-state index is 12.4. The lowest BCUT2D eigenvalue weighted by Gasteiger charge is -2.09. The van der Waals surface area contributed by atoms with Gasteiger partial charge in [0, 0.05) is 0 Å². The van der Waals surface area contributed by atoms with Crippen molar-refractivity contribution in [3.63, 3.8) is 0 Å². The van der Waals surface area contributed by atoms with Crippen molar-refractivity contribution in [2.75, 3.05) is 6.26 Å². The first-order chi connectivity index (χ1) is 11.6. The molecule has 0 fully saturated rings. The number of benzene rings is 2. The molecule has 2 aromatic rings. The summed E-state index contributed by atoms with van der Waals surface area (Å²) in [6, 6.07) is 12.4. The molecule has 0 unspecified atom stereocenters. The van der Waals surface area contributed by atoms with Gasteiger partial charge in [0.05, 0.1) is 9.79 Å². The molecule has 9 heteroatoms. The number of rotatable bonds is 4. The fraction of sp³-hybridized carbons (Fsp3) is 0.188. The number of sulfonamides is 2. The van der Waals surface area contributed by atoms with Gasteiger partial charge in [0.2, 0.25) is 0 Å². The van der Waals surface area contributed by atoms with Crippen molar-refractivity contribution in [1.82, 2.24) is 4.72 Å². The third kappa shape index (κ3) is 5.07. The molecule has 0 radical (unpaired) electrons. The van der Waals surface area contributed by atoms with Gasteiger partial charge in [0.1, 0.15) is 0 Å². The monoisotopic (exact) mass is 398 g/mol. The maximum Gasteiger partial charge on any atom is 0.284 e. The van der Waals surface area contributed by atoms with Crippen LogP contribution >= 0.6 is 11.8 Å². The Bertz CT molecular complexity index is 979. The van der Waals surface area contributed by atoms with Crippen molar-refractivity contribution in [2.45, 2.75) is 23.6 Å². The van der Waals surface area contributed by atoms with Crippen LogP contribution in [-0.4, -0.2) is 28.3 Å². The molecule has 0 bridgehead atoms. The van der Waals surface area contributed by atoms with Crippen LogP contribution in [0.4, 0.5) is 0 Å². The zero-order valence-corrected chi connectivity index (χ0v) is 16.4. The summed E-state index contributed by atoms with van der Waals surface area (Å²) >= 11 is 0.900. The van der Waals surface area contributed by atoms with Gasteiger partial charge in [-0.1, -0.05) is 47.2 Å². The number of nitrogens with zero attached hydrogens (tertiary/aromatic N) is 1. The first kappa shape index (κ1) is 19.5. The molecule has 0 aromatic heterocycles. The lowest BCUT2D eigenvalue weighted by molar-refractivity contribution is 0.593. The van der Waals surface area contributed by atoms with Crippen molar-refractivity contribution in [1.29, 1.82) is 0 Å². The maximum atomic E-state index is 12.4. The van der Waals surface area contributed by atoms with Gasteiger partial charge in [-0.25, -0.2) is 8.42 Å². The van der Waals surface area contributed by atoms with Crippen LogP contribution < -0.4 is 4.72 Å². The number of thioether (sulfide) groups is 1. The molecule has 0 spiro atoms. The molecular weight excluding hydrogens is 380 g/mol. The lowest BCUT2D eigenvalue weighted by Crippen LogP contribution is -2.29. The third-order valence-corrected chi connectivity index (χ3v) is 6.74. The summed E-state index contributed by atoms with van der Waals surface area (Å²) in [4.78, 5) is 0.0340. The van der Waals surface area contributed by atoms with Crippen molar-refractivity contribution >= 4 is 37.0 Å². The van der Waals surface area contributed by atoms with Crippen LogP contribution in [0.25, 0.3) is 0 Å². The number of amidine groups is 1. The highest BCUT2D eigenvalue weighted by atomic mass is 32.2. The molecule has 0 aliphatic heterocycles. The molecular formula is C16H18N2O4S3. The SMILES string of the molecule is CSC(=NS(=O)(=O)c1ccc(C)cc1)NS(=O)(=O)c1ccc(C)cc1. The van der Waals surface area contributed by atoms with E-state index in [-0.39, 0.29) is 15.0 Å². The Labute approximate surface area is 152 Å². The first-order valence-electron chi connectivity index (χ1n) is 7.19. The number of aryl methyl sites for hydroxylation is 2. The Morgan fingerprint density at radius 1 is 0.840 bits per heavy atom. The normalized spacial score (nSPS) is 12.8. The van der Waals surface area contributed by atoms with E-state index in [4.69, 9.17) is 0 Å². The number of hydrogen-bond donors (Lipinski definition) is 1. The van der Waals surface area contributed by atoms with Crippen LogP contribution in [-0.2, 0) is 20.0 Å². The quantitative estimate of drug-likeness (QED) is 0.631. The molecule has 1 N–H and O–H groups in total. The van der Waals surface area contributed by atoms with E-state index in [0.29, 0.717) is 0 Å². The minimum absolute atomic E-state index is 0.000756. The fourth-order valence-corrected chi connectivity index (χ4v) is 4.91. The summed E-state index contributed by atoms with van der Waals surface area (Å²) in [5.41, 5.74) is 1.83. The van der Waals surface area contributed by atoms with Gasteiger partial charge in [-0.05, 0) is 44.4 Å². The average molecular weight is 399 g/mol. The minimum atomic E-state index is -4.01. The predicted octanol–water partition coefficient (Wildman–Crippen LogP) is 2.69. The molecule has 0 amide bonds. The second-order valence-corrected chi connectivity index (χ2v) is 9.39. The smallest absolute Gasteiger partial charge is 0.257 e. The summed E-state index contributed by atoms with van der Waals surface area (Å²) in [6.07, 6.45) is 1.54. The Hall–Kier alpha value is -1.84. The molecule has 0 saturated heterocycles. The van der Waals surface area contributed by atoms with E-state index >= 15 is 0 Å². The van der Waals surface area contributed by atoms with Crippen LogP contribution in [0.5, 0.6) is 0 Å². The van der Waals surface area contributed by atoms with E-state index in [9.17, 15) is 16.8 Å². The minimum Gasteiger partial charge on any atom is -0.257 e. The van der Waals surface area contributed by atoms with Gasteiger partial charge < -0.3 is 0 Å². The molecule has 0 aliphatic carbocycles. The van der Waals surface area contributed by atoms with Crippen molar-refractivity contribution in [2.24, 2.45) is 4.40 Å². The number of hydrogen-bond acceptors (Lipinski definition) is 5. The largest absolute Gasteiger partial charge is 0.284 e. The Balaban J connectivity index is 2.33. The Kier molecular flexibility index (Phi) is 5.91. The molecule has 25 heavy (non-hydrogen) atoms. The summed E-state index contributed by atoms with van der Waals surface area (Å²) < 4.78 is 55.3.